The van der Waals surface area contributed by atoms with Crippen LogP contribution in [0.4, 0.5) is 5.69 Å². The van der Waals surface area contributed by atoms with Gasteiger partial charge >= 0.3 is 5.97 Å². The Morgan fingerprint density at radius 3 is 2.81 bits per heavy atom. The van der Waals surface area contributed by atoms with Gasteiger partial charge in [-0.2, -0.15) is 0 Å². The average molecular weight is 283 g/mol. The number of benzene rings is 1. The van der Waals surface area contributed by atoms with Crippen LogP contribution in [-0.2, 0) is 0 Å². The van der Waals surface area contributed by atoms with E-state index in [1.165, 1.54) is 12.1 Å². The summed E-state index contributed by atoms with van der Waals surface area (Å²) in [4.78, 5) is 25.6. The predicted molar refractivity (Wildman–Crippen MR) is 74.2 cm³/mol. The first-order valence-corrected chi connectivity index (χ1v) is 6.01. The zero-order valence-electron chi connectivity index (χ0n) is 10.6. The van der Waals surface area contributed by atoms with Gasteiger partial charge < -0.3 is 5.11 Å². The molecule has 7 nitrogen and oxygen atoms in total. The van der Waals surface area contributed by atoms with Crippen molar-refractivity contribution in [2.24, 2.45) is 0 Å². The molecule has 0 saturated carbocycles. The number of imidazole rings is 1. The van der Waals surface area contributed by atoms with E-state index in [4.69, 9.17) is 5.11 Å². The van der Waals surface area contributed by atoms with Gasteiger partial charge in [0.2, 0.25) is 0 Å². The quantitative estimate of drug-likeness (QED) is 0.588. The van der Waals surface area contributed by atoms with Crippen molar-refractivity contribution >= 4 is 17.3 Å². The summed E-state index contributed by atoms with van der Waals surface area (Å²) in [7, 11) is 0. The molecule has 7 heteroatoms. The zero-order valence-corrected chi connectivity index (χ0v) is 10.6. The maximum Gasteiger partial charge on any atom is 0.335 e. The van der Waals surface area contributed by atoms with Crippen LogP contribution in [0.2, 0.25) is 0 Å². The third-order valence-corrected chi connectivity index (χ3v) is 3.10. The lowest BCUT2D eigenvalue weighted by atomic mass is 10.1. The molecule has 0 amide bonds. The smallest absolute Gasteiger partial charge is 0.335 e. The van der Waals surface area contributed by atoms with Gasteiger partial charge in [0.1, 0.15) is 5.65 Å². The molecule has 0 aliphatic carbocycles. The SMILES string of the molecule is O=C(O)c1cc(-c2cccc3nccn23)cc([N+](=O)[O-])c1. The highest BCUT2D eigenvalue weighted by molar-refractivity contribution is 5.90. The van der Waals surface area contributed by atoms with E-state index in [-0.39, 0.29) is 11.3 Å². The molecule has 2 aromatic heterocycles. The first-order chi connectivity index (χ1) is 10.1. The summed E-state index contributed by atoms with van der Waals surface area (Å²) in [5.41, 5.74) is 1.37. The summed E-state index contributed by atoms with van der Waals surface area (Å²) < 4.78 is 1.74. The topological polar surface area (TPSA) is 97.7 Å². The van der Waals surface area contributed by atoms with Crippen molar-refractivity contribution < 1.29 is 14.8 Å². The van der Waals surface area contributed by atoms with Crippen LogP contribution < -0.4 is 0 Å². The van der Waals surface area contributed by atoms with E-state index in [0.29, 0.717) is 16.9 Å². The molecular formula is C14H9N3O4. The molecule has 1 aromatic carbocycles. The van der Waals surface area contributed by atoms with Gasteiger partial charge in [0.05, 0.1) is 16.2 Å². The molecule has 0 spiro atoms. The fourth-order valence-corrected chi connectivity index (χ4v) is 2.17. The van der Waals surface area contributed by atoms with E-state index in [2.05, 4.69) is 4.98 Å². The molecule has 0 saturated heterocycles. The van der Waals surface area contributed by atoms with E-state index in [1.807, 2.05) is 0 Å². The van der Waals surface area contributed by atoms with Crippen molar-refractivity contribution in [2.45, 2.75) is 0 Å². The van der Waals surface area contributed by atoms with Crippen LogP contribution in [0.5, 0.6) is 0 Å². The number of carbonyl (C=O) groups is 1. The second kappa shape index (κ2) is 4.71. The molecule has 0 unspecified atom stereocenters. The van der Waals surface area contributed by atoms with Crippen molar-refractivity contribution in [3.8, 4) is 11.3 Å². The summed E-state index contributed by atoms with van der Waals surface area (Å²) in [6.07, 6.45) is 3.32. The number of pyridine rings is 1. The van der Waals surface area contributed by atoms with Crippen LogP contribution in [0.15, 0.2) is 48.8 Å². The Morgan fingerprint density at radius 2 is 2.10 bits per heavy atom. The lowest BCUT2D eigenvalue weighted by molar-refractivity contribution is -0.384. The van der Waals surface area contributed by atoms with Crippen LogP contribution in [0.1, 0.15) is 10.4 Å². The van der Waals surface area contributed by atoms with E-state index in [1.54, 1.807) is 35.0 Å². The highest BCUT2D eigenvalue weighted by Crippen LogP contribution is 2.26. The second-order valence-electron chi connectivity index (χ2n) is 4.40. The third kappa shape index (κ3) is 2.20. The molecule has 0 atom stereocenters. The first kappa shape index (κ1) is 12.8. The summed E-state index contributed by atoms with van der Waals surface area (Å²) in [5.74, 6) is -1.21. The molecule has 0 aliphatic rings. The first-order valence-electron chi connectivity index (χ1n) is 6.01. The molecule has 0 fully saturated rings. The zero-order chi connectivity index (χ0) is 15.0. The van der Waals surface area contributed by atoms with E-state index in [9.17, 15) is 14.9 Å². The predicted octanol–water partition coefficient (Wildman–Crippen LogP) is 2.61. The maximum atomic E-state index is 11.1. The fourth-order valence-electron chi connectivity index (χ4n) is 2.17. The molecule has 21 heavy (non-hydrogen) atoms. The van der Waals surface area contributed by atoms with Crippen LogP contribution >= 0.6 is 0 Å². The Hall–Kier alpha value is -3.22. The molecular weight excluding hydrogens is 274 g/mol. The molecule has 3 aromatic rings. The van der Waals surface area contributed by atoms with Crippen LogP contribution in [0.3, 0.4) is 0 Å². The van der Waals surface area contributed by atoms with Crippen molar-refractivity contribution in [1.29, 1.82) is 0 Å². The standard InChI is InChI=1S/C14H9N3O4/c18-14(19)10-6-9(7-11(8-10)17(20)21)12-2-1-3-13-15-4-5-16(12)13/h1-8H,(H,18,19). The van der Waals surface area contributed by atoms with Gasteiger partial charge in [0.25, 0.3) is 5.69 Å². The normalized spacial score (nSPS) is 10.7. The Kier molecular flexibility index (Phi) is 2.87. The highest BCUT2D eigenvalue weighted by atomic mass is 16.6. The van der Waals surface area contributed by atoms with Gasteiger partial charge in [-0.05, 0) is 18.2 Å². The minimum Gasteiger partial charge on any atom is -0.478 e. The minimum atomic E-state index is -1.21. The molecule has 0 bridgehead atoms. The Balaban J connectivity index is 2.28. The summed E-state index contributed by atoms with van der Waals surface area (Å²) in [6.45, 7) is 0. The van der Waals surface area contributed by atoms with Crippen LogP contribution in [0.25, 0.3) is 16.9 Å². The number of hydrogen-bond donors (Lipinski definition) is 1. The van der Waals surface area contributed by atoms with Crippen LogP contribution in [-0.4, -0.2) is 25.4 Å². The number of nitrogens with zero attached hydrogens (tertiary/aromatic N) is 3. The number of carboxylic acids is 1. The van der Waals surface area contributed by atoms with Crippen molar-refractivity contribution in [2.75, 3.05) is 0 Å². The number of aromatic carboxylic acids is 1. The van der Waals surface area contributed by atoms with E-state index < -0.39 is 10.9 Å². The van der Waals surface area contributed by atoms with Crippen molar-refractivity contribution in [3.05, 3.63) is 64.5 Å². The molecule has 3 rings (SSSR count). The van der Waals surface area contributed by atoms with Crippen molar-refractivity contribution in [1.82, 2.24) is 9.38 Å². The second-order valence-corrected chi connectivity index (χ2v) is 4.40. The van der Waals surface area contributed by atoms with Crippen molar-refractivity contribution in [3.63, 3.8) is 0 Å². The number of non-ortho nitro benzene ring substituents is 1. The molecule has 0 radical (unpaired) electrons. The highest BCUT2D eigenvalue weighted by Gasteiger charge is 2.15. The number of nitro groups is 1. The van der Waals surface area contributed by atoms with E-state index >= 15 is 0 Å². The minimum absolute atomic E-state index is 0.128. The van der Waals surface area contributed by atoms with Gasteiger partial charge in [-0.1, -0.05) is 6.07 Å². The lowest BCUT2D eigenvalue weighted by Gasteiger charge is -2.07. The van der Waals surface area contributed by atoms with Gasteiger partial charge in [-0.15, -0.1) is 0 Å². The third-order valence-electron chi connectivity index (χ3n) is 3.10. The Labute approximate surface area is 118 Å². The molecule has 2 heterocycles. The number of rotatable bonds is 3. The molecule has 0 aliphatic heterocycles. The Bertz CT molecular complexity index is 837. The monoisotopic (exact) mass is 283 g/mol. The van der Waals surface area contributed by atoms with Gasteiger partial charge in [0, 0.05) is 30.1 Å². The van der Waals surface area contributed by atoms with Gasteiger partial charge in [-0.25, -0.2) is 9.78 Å². The number of hydrogen-bond acceptors (Lipinski definition) is 4. The largest absolute Gasteiger partial charge is 0.478 e. The number of aromatic nitrogens is 2. The van der Waals surface area contributed by atoms with Crippen LogP contribution in [0, 0.1) is 10.1 Å². The molecule has 1 N–H and O–H groups in total. The number of fused-ring (bicyclic) bond motifs is 1. The summed E-state index contributed by atoms with van der Waals surface area (Å²) in [5, 5.41) is 20.1. The molecule has 104 valence electrons. The van der Waals surface area contributed by atoms with E-state index in [0.717, 1.165) is 6.07 Å². The average Bonchev–Trinajstić information content (AvgIpc) is 2.94. The summed E-state index contributed by atoms with van der Waals surface area (Å²) >= 11 is 0. The fraction of sp³-hybridized carbons (Fsp3) is 0. The van der Waals surface area contributed by atoms with Gasteiger partial charge in [0.15, 0.2) is 0 Å². The van der Waals surface area contributed by atoms with Gasteiger partial charge in [-0.3, -0.25) is 14.5 Å². The Morgan fingerprint density at radius 1 is 1.29 bits per heavy atom. The summed E-state index contributed by atoms with van der Waals surface area (Å²) in [6, 6.07) is 9.10. The number of carboxylic acid groups (broad SMARTS) is 1. The lowest BCUT2D eigenvalue weighted by Crippen LogP contribution is -2.00. The maximum absolute atomic E-state index is 11.1. The number of nitro benzene ring substituents is 1.